The molecule has 1 aliphatic rings. The first-order valence-corrected chi connectivity index (χ1v) is 7.32. The van der Waals surface area contributed by atoms with Crippen molar-refractivity contribution in [2.75, 3.05) is 14.2 Å². The summed E-state index contributed by atoms with van der Waals surface area (Å²) in [5, 5.41) is 0.794. The van der Waals surface area contributed by atoms with Gasteiger partial charge in [-0.1, -0.05) is 29.8 Å². The Morgan fingerprint density at radius 1 is 0.952 bits per heavy atom. The van der Waals surface area contributed by atoms with E-state index in [1.807, 2.05) is 18.2 Å². The monoisotopic (exact) mass is 300 g/mol. The van der Waals surface area contributed by atoms with Crippen LogP contribution in [-0.4, -0.2) is 14.2 Å². The van der Waals surface area contributed by atoms with Gasteiger partial charge in [0.1, 0.15) is 0 Å². The van der Waals surface area contributed by atoms with Crippen LogP contribution >= 0.6 is 11.6 Å². The van der Waals surface area contributed by atoms with Crippen molar-refractivity contribution in [3.8, 4) is 11.5 Å². The molecule has 1 aliphatic carbocycles. The standard InChI is InChI=1S/C18H17ClO2/c1-20-17-9-6-13(11-18(17)21-2)15-5-3-4-12-10-14(19)7-8-16(12)15/h5-11H,3-4H2,1-2H3. The summed E-state index contributed by atoms with van der Waals surface area (Å²) < 4.78 is 10.7. The predicted molar refractivity (Wildman–Crippen MR) is 86.4 cm³/mol. The van der Waals surface area contributed by atoms with Crippen LogP contribution < -0.4 is 9.47 Å². The van der Waals surface area contributed by atoms with Crippen molar-refractivity contribution >= 4 is 17.2 Å². The number of fused-ring (bicyclic) bond motifs is 1. The van der Waals surface area contributed by atoms with Crippen molar-refractivity contribution in [2.24, 2.45) is 0 Å². The van der Waals surface area contributed by atoms with E-state index >= 15 is 0 Å². The topological polar surface area (TPSA) is 18.5 Å². The lowest BCUT2D eigenvalue weighted by Crippen LogP contribution is -2.01. The molecule has 0 N–H and O–H groups in total. The van der Waals surface area contributed by atoms with Crippen molar-refractivity contribution in [1.82, 2.24) is 0 Å². The van der Waals surface area contributed by atoms with Crippen LogP contribution in [0.4, 0.5) is 0 Å². The number of hydrogen-bond acceptors (Lipinski definition) is 2. The molecule has 0 amide bonds. The van der Waals surface area contributed by atoms with E-state index in [1.54, 1.807) is 14.2 Å². The molecule has 0 radical (unpaired) electrons. The van der Waals surface area contributed by atoms with E-state index in [4.69, 9.17) is 21.1 Å². The number of ether oxygens (including phenoxy) is 2. The van der Waals surface area contributed by atoms with Crippen molar-refractivity contribution in [3.05, 3.63) is 64.2 Å². The van der Waals surface area contributed by atoms with E-state index in [-0.39, 0.29) is 0 Å². The molecule has 0 fully saturated rings. The summed E-state index contributed by atoms with van der Waals surface area (Å²) in [6, 6.07) is 12.1. The number of halogens is 1. The minimum absolute atomic E-state index is 0.744. The largest absolute Gasteiger partial charge is 0.493 e. The smallest absolute Gasteiger partial charge is 0.161 e. The number of aryl methyl sites for hydroxylation is 1. The highest BCUT2D eigenvalue weighted by Gasteiger charge is 2.16. The van der Waals surface area contributed by atoms with Crippen molar-refractivity contribution < 1.29 is 9.47 Å². The van der Waals surface area contributed by atoms with Gasteiger partial charge in [-0.25, -0.2) is 0 Å². The van der Waals surface area contributed by atoms with E-state index in [0.29, 0.717) is 0 Å². The van der Waals surface area contributed by atoms with E-state index in [9.17, 15) is 0 Å². The van der Waals surface area contributed by atoms with Gasteiger partial charge >= 0.3 is 0 Å². The highest BCUT2D eigenvalue weighted by Crippen LogP contribution is 2.37. The Morgan fingerprint density at radius 3 is 2.52 bits per heavy atom. The SMILES string of the molecule is COc1ccc(C2=CCCc3cc(Cl)ccc32)cc1OC. The summed E-state index contributed by atoms with van der Waals surface area (Å²) in [4.78, 5) is 0. The molecule has 0 spiro atoms. The van der Waals surface area contributed by atoms with E-state index in [0.717, 1.165) is 34.9 Å². The minimum atomic E-state index is 0.744. The van der Waals surface area contributed by atoms with Gasteiger partial charge in [0.25, 0.3) is 0 Å². The number of benzene rings is 2. The first kappa shape index (κ1) is 14.0. The maximum atomic E-state index is 6.10. The van der Waals surface area contributed by atoms with Gasteiger partial charge in [-0.05, 0) is 59.4 Å². The molecular weight excluding hydrogens is 284 g/mol. The molecule has 0 aromatic heterocycles. The summed E-state index contributed by atoms with van der Waals surface area (Å²) in [5.41, 5.74) is 4.91. The number of allylic oxidation sites excluding steroid dienone is 1. The average molecular weight is 301 g/mol. The summed E-state index contributed by atoms with van der Waals surface area (Å²) >= 11 is 6.10. The second kappa shape index (κ2) is 5.82. The van der Waals surface area contributed by atoms with Crippen molar-refractivity contribution in [1.29, 1.82) is 0 Å². The fourth-order valence-electron chi connectivity index (χ4n) is 2.79. The average Bonchev–Trinajstić information content (AvgIpc) is 2.53. The van der Waals surface area contributed by atoms with E-state index < -0.39 is 0 Å². The van der Waals surface area contributed by atoms with Gasteiger partial charge in [0.05, 0.1) is 14.2 Å². The van der Waals surface area contributed by atoms with Gasteiger partial charge < -0.3 is 9.47 Å². The molecule has 3 rings (SSSR count). The van der Waals surface area contributed by atoms with E-state index in [2.05, 4.69) is 24.3 Å². The second-order valence-electron chi connectivity index (χ2n) is 5.03. The van der Waals surface area contributed by atoms with Gasteiger partial charge in [-0.2, -0.15) is 0 Å². The molecule has 0 saturated heterocycles. The third kappa shape index (κ3) is 2.64. The lowest BCUT2D eigenvalue weighted by Gasteiger charge is -2.19. The third-order valence-electron chi connectivity index (χ3n) is 3.81. The van der Waals surface area contributed by atoms with Crippen LogP contribution in [0.3, 0.4) is 0 Å². The molecule has 0 atom stereocenters. The molecule has 0 saturated carbocycles. The number of rotatable bonds is 3. The Hall–Kier alpha value is -1.93. The highest BCUT2D eigenvalue weighted by atomic mass is 35.5. The fourth-order valence-corrected chi connectivity index (χ4v) is 2.99. The highest BCUT2D eigenvalue weighted by molar-refractivity contribution is 6.30. The van der Waals surface area contributed by atoms with Gasteiger partial charge in [-0.15, -0.1) is 0 Å². The van der Waals surface area contributed by atoms with Crippen LogP contribution in [0.5, 0.6) is 11.5 Å². The third-order valence-corrected chi connectivity index (χ3v) is 4.05. The zero-order chi connectivity index (χ0) is 14.8. The quantitative estimate of drug-likeness (QED) is 0.815. The lowest BCUT2D eigenvalue weighted by molar-refractivity contribution is 0.355. The van der Waals surface area contributed by atoms with Crippen LogP contribution in [0.1, 0.15) is 23.1 Å². The lowest BCUT2D eigenvalue weighted by atomic mass is 9.87. The predicted octanol–water partition coefficient (Wildman–Crippen LogP) is 4.74. The fraction of sp³-hybridized carbons (Fsp3) is 0.222. The Labute approximate surface area is 130 Å². The molecule has 0 unspecified atom stereocenters. The Bertz CT molecular complexity index is 704. The van der Waals surface area contributed by atoms with Gasteiger partial charge in [-0.3, -0.25) is 0 Å². The van der Waals surface area contributed by atoms with Gasteiger partial charge in [0.2, 0.25) is 0 Å². The summed E-state index contributed by atoms with van der Waals surface area (Å²) in [7, 11) is 3.30. The number of methoxy groups -OCH3 is 2. The molecule has 0 heterocycles. The molecule has 2 aromatic rings. The molecule has 21 heavy (non-hydrogen) atoms. The molecule has 2 aromatic carbocycles. The molecule has 0 bridgehead atoms. The molecule has 2 nitrogen and oxygen atoms in total. The van der Waals surface area contributed by atoms with Crippen LogP contribution in [0, 0.1) is 0 Å². The van der Waals surface area contributed by atoms with E-state index in [1.165, 1.54) is 16.7 Å². The van der Waals surface area contributed by atoms with Gasteiger partial charge in [0.15, 0.2) is 11.5 Å². The zero-order valence-corrected chi connectivity index (χ0v) is 12.9. The first-order chi connectivity index (χ1) is 10.2. The molecular formula is C18H17ClO2. The summed E-state index contributed by atoms with van der Waals surface area (Å²) in [5.74, 6) is 1.49. The van der Waals surface area contributed by atoms with Crippen LogP contribution in [0.2, 0.25) is 5.02 Å². The Morgan fingerprint density at radius 2 is 1.76 bits per heavy atom. The van der Waals surface area contributed by atoms with Crippen LogP contribution in [0.15, 0.2) is 42.5 Å². The Balaban J connectivity index is 2.07. The second-order valence-corrected chi connectivity index (χ2v) is 5.46. The molecule has 108 valence electrons. The summed E-state index contributed by atoms with van der Waals surface area (Å²) in [6.45, 7) is 0. The van der Waals surface area contributed by atoms with Crippen LogP contribution in [-0.2, 0) is 6.42 Å². The van der Waals surface area contributed by atoms with Gasteiger partial charge in [0, 0.05) is 5.02 Å². The minimum Gasteiger partial charge on any atom is -0.493 e. The first-order valence-electron chi connectivity index (χ1n) is 6.94. The molecule has 0 aliphatic heterocycles. The zero-order valence-electron chi connectivity index (χ0n) is 12.2. The van der Waals surface area contributed by atoms with Crippen LogP contribution in [0.25, 0.3) is 5.57 Å². The molecule has 3 heteroatoms. The van der Waals surface area contributed by atoms with Crippen molar-refractivity contribution in [2.45, 2.75) is 12.8 Å². The maximum Gasteiger partial charge on any atom is 0.161 e. The Kier molecular flexibility index (Phi) is 3.89. The number of hydrogen-bond donors (Lipinski definition) is 0. The summed E-state index contributed by atoms with van der Waals surface area (Å²) in [6.07, 6.45) is 4.33. The van der Waals surface area contributed by atoms with Crippen molar-refractivity contribution in [3.63, 3.8) is 0 Å². The normalized spacial score (nSPS) is 13.4. The maximum absolute atomic E-state index is 6.10.